The zero-order chi connectivity index (χ0) is 13.2. The molecule has 20 heavy (non-hydrogen) atoms. The van der Waals surface area contributed by atoms with Crippen LogP contribution < -0.4 is 5.32 Å². The molecule has 0 amide bonds. The Bertz CT molecular complexity index is 483. The summed E-state index contributed by atoms with van der Waals surface area (Å²) in [5.41, 5.74) is 1.23. The van der Waals surface area contributed by atoms with E-state index >= 15 is 0 Å². The molecular formula is C14H20ClN3O2. The first-order valence-electron chi connectivity index (χ1n) is 6.89. The van der Waals surface area contributed by atoms with E-state index in [4.69, 9.17) is 0 Å². The Hall–Kier alpha value is -1.17. The van der Waals surface area contributed by atoms with Crippen molar-refractivity contribution in [1.29, 1.82) is 0 Å². The minimum Gasteiger partial charge on any atom is -0.316 e. The van der Waals surface area contributed by atoms with Crippen LogP contribution in [-0.4, -0.2) is 36.0 Å². The van der Waals surface area contributed by atoms with E-state index in [1.165, 1.54) is 6.42 Å². The molecular weight excluding hydrogens is 278 g/mol. The average molecular weight is 298 g/mol. The number of hydrogen-bond acceptors (Lipinski definition) is 4. The van der Waals surface area contributed by atoms with E-state index < -0.39 is 0 Å². The summed E-state index contributed by atoms with van der Waals surface area (Å²) < 4.78 is 0. The molecule has 2 saturated heterocycles. The van der Waals surface area contributed by atoms with Crippen molar-refractivity contribution in [3.63, 3.8) is 0 Å². The van der Waals surface area contributed by atoms with Crippen LogP contribution in [0.3, 0.4) is 0 Å². The highest BCUT2D eigenvalue weighted by Gasteiger charge is 2.32. The van der Waals surface area contributed by atoms with Gasteiger partial charge in [0.1, 0.15) is 0 Å². The van der Waals surface area contributed by atoms with Gasteiger partial charge in [0, 0.05) is 25.2 Å². The van der Waals surface area contributed by atoms with Crippen LogP contribution in [0.4, 0.5) is 5.69 Å². The standard InChI is InChI=1S/C14H19N3O2.ClH/c18-17(19)14-3-1-2-11(6-14)9-16-5-4-12-7-15-8-13(12)10-16;/h1-3,6,12-13,15H,4-5,7-10H2;1H. The molecule has 1 aromatic carbocycles. The Morgan fingerprint density at radius 2 is 2.15 bits per heavy atom. The summed E-state index contributed by atoms with van der Waals surface area (Å²) in [4.78, 5) is 12.9. The molecule has 2 atom stereocenters. The largest absolute Gasteiger partial charge is 0.316 e. The quantitative estimate of drug-likeness (QED) is 0.685. The highest BCUT2D eigenvalue weighted by molar-refractivity contribution is 5.85. The highest BCUT2D eigenvalue weighted by Crippen LogP contribution is 2.27. The maximum atomic E-state index is 10.8. The van der Waals surface area contributed by atoms with Gasteiger partial charge in [-0.15, -0.1) is 12.4 Å². The molecule has 2 heterocycles. The number of nitrogens with zero attached hydrogens (tertiary/aromatic N) is 2. The van der Waals surface area contributed by atoms with Crippen molar-refractivity contribution in [2.75, 3.05) is 26.2 Å². The number of nitrogens with one attached hydrogen (secondary N) is 1. The monoisotopic (exact) mass is 297 g/mol. The second-order valence-corrected chi connectivity index (χ2v) is 5.63. The number of non-ortho nitro benzene ring substituents is 1. The van der Waals surface area contributed by atoms with Gasteiger partial charge in [-0.3, -0.25) is 15.0 Å². The molecule has 2 aliphatic rings. The third kappa shape index (κ3) is 3.29. The number of likely N-dealkylation sites (tertiary alicyclic amines) is 1. The Morgan fingerprint density at radius 1 is 1.35 bits per heavy atom. The first-order chi connectivity index (χ1) is 9.22. The van der Waals surface area contributed by atoms with Crippen molar-refractivity contribution < 1.29 is 4.92 Å². The topological polar surface area (TPSA) is 58.4 Å². The van der Waals surface area contributed by atoms with E-state index in [0.717, 1.165) is 50.1 Å². The van der Waals surface area contributed by atoms with Crippen LogP contribution in [0, 0.1) is 22.0 Å². The van der Waals surface area contributed by atoms with Gasteiger partial charge in [0.15, 0.2) is 0 Å². The van der Waals surface area contributed by atoms with Crippen LogP contribution in [0.15, 0.2) is 24.3 Å². The zero-order valence-electron chi connectivity index (χ0n) is 11.3. The van der Waals surface area contributed by atoms with Crippen molar-refractivity contribution in [3.05, 3.63) is 39.9 Å². The molecule has 2 aliphatic heterocycles. The summed E-state index contributed by atoms with van der Waals surface area (Å²) in [6, 6.07) is 7.00. The first kappa shape index (κ1) is 15.2. The minimum absolute atomic E-state index is 0. The summed E-state index contributed by atoms with van der Waals surface area (Å²) in [6.45, 7) is 5.32. The van der Waals surface area contributed by atoms with E-state index in [0.29, 0.717) is 0 Å². The molecule has 2 unspecified atom stereocenters. The van der Waals surface area contributed by atoms with E-state index in [1.54, 1.807) is 18.2 Å². The van der Waals surface area contributed by atoms with Gasteiger partial charge in [-0.25, -0.2) is 0 Å². The van der Waals surface area contributed by atoms with Crippen molar-refractivity contribution >= 4 is 18.1 Å². The van der Waals surface area contributed by atoms with Gasteiger partial charge in [0.2, 0.25) is 0 Å². The van der Waals surface area contributed by atoms with Crippen LogP contribution in [0.5, 0.6) is 0 Å². The molecule has 0 aliphatic carbocycles. The normalized spacial score (nSPS) is 25.8. The molecule has 0 bridgehead atoms. The third-order valence-electron chi connectivity index (χ3n) is 4.32. The highest BCUT2D eigenvalue weighted by atomic mass is 35.5. The molecule has 1 N–H and O–H groups in total. The predicted octanol–water partition coefficient (Wildman–Crippen LogP) is 2.06. The second-order valence-electron chi connectivity index (χ2n) is 5.63. The molecule has 0 saturated carbocycles. The van der Waals surface area contributed by atoms with Crippen LogP contribution in [-0.2, 0) is 6.54 Å². The molecule has 110 valence electrons. The van der Waals surface area contributed by atoms with E-state index in [1.807, 2.05) is 6.07 Å². The second kappa shape index (κ2) is 6.52. The lowest BCUT2D eigenvalue weighted by Crippen LogP contribution is -2.39. The van der Waals surface area contributed by atoms with Crippen molar-refractivity contribution in [3.8, 4) is 0 Å². The fourth-order valence-corrected chi connectivity index (χ4v) is 3.28. The molecule has 0 radical (unpaired) electrons. The van der Waals surface area contributed by atoms with Crippen molar-refractivity contribution in [2.24, 2.45) is 11.8 Å². The summed E-state index contributed by atoms with van der Waals surface area (Å²) >= 11 is 0. The Labute approximate surface area is 124 Å². The summed E-state index contributed by atoms with van der Waals surface area (Å²) in [5, 5.41) is 14.2. The maximum Gasteiger partial charge on any atom is 0.269 e. The van der Waals surface area contributed by atoms with Gasteiger partial charge in [-0.2, -0.15) is 0 Å². The lowest BCUT2D eigenvalue weighted by atomic mass is 9.88. The molecule has 5 nitrogen and oxygen atoms in total. The molecule has 0 spiro atoms. The average Bonchev–Trinajstić information content (AvgIpc) is 2.86. The number of halogens is 1. The summed E-state index contributed by atoms with van der Waals surface area (Å²) in [5.74, 6) is 1.59. The number of hydrogen-bond donors (Lipinski definition) is 1. The number of fused-ring (bicyclic) bond motifs is 1. The van der Waals surface area contributed by atoms with Gasteiger partial charge in [-0.1, -0.05) is 12.1 Å². The molecule has 6 heteroatoms. The van der Waals surface area contributed by atoms with Crippen LogP contribution in [0.2, 0.25) is 0 Å². The van der Waals surface area contributed by atoms with Gasteiger partial charge in [-0.05, 0) is 43.5 Å². The maximum absolute atomic E-state index is 10.8. The third-order valence-corrected chi connectivity index (χ3v) is 4.32. The minimum atomic E-state index is -0.323. The van der Waals surface area contributed by atoms with Gasteiger partial charge in [0.25, 0.3) is 5.69 Å². The summed E-state index contributed by atoms with van der Waals surface area (Å²) in [6.07, 6.45) is 1.24. The fraction of sp³-hybridized carbons (Fsp3) is 0.571. The lowest BCUT2D eigenvalue weighted by Gasteiger charge is -2.34. The van der Waals surface area contributed by atoms with Crippen molar-refractivity contribution in [2.45, 2.75) is 13.0 Å². The predicted molar refractivity (Wildman–Crippen MR) is 80.1 cm³/mol. The molecule has 2 fully saturated rings. The Morgan fingerprint density at radius 3 is 2.95 bits per heavy atom. The number of nitro benzene ring substituents is 1. The lowest BCUT2D eigenvalue weighted by molar-refractivity contribution is -0.384. The van der Waals surface area contributed by atoms with Gasteiger partial charge >= 0.3 is 0 Å². The van der Waals surface area contributed by atoms with Gasteiger partial charge in [0.05, 0.1) is 4.92 Å². The Balaban J connectivity index is 0.00000147. The first-order valence-corrected chi connectivity index (χ1v) is 6.89. The van der Waals surface area contributed by atoms with E-state index in [-0.39, 0.29) is 23.0 Å². The van der Waals surface area contributed by atoms with Crippen molar-refractivity contribution in [1.82, 2.24) is 10.2 Å². The number of rotatable bonds is 3. The van der Waals surface area contributed by atoms with E-state index in [9.17, 15) is 10.1 Å². The molecule has 1 aromatic rings. The van der Waals surface area contributed by atoms with Crippen LogP contribution in [0.25, 0.3) is 0 Å². The number of benzene rings is 1. The fourth-order valence-electron chi connectivity index (χ4n) is 3.28. The summed E-state index contributed by atoms with van der Waals surface area (Å²) in [7, 11) is 0. The smallest absolute Gasteiger partial charge is 0.269 e. The van der Waals surface area contributed by atoms with Gasteiger partial charge < -0.3 is 5.32 Å². The van der Waals surface area contributed by atoms with Crippen LogP contribution >= 0.6 is 12.4 Å². The number of piperidine rings is 1. The number of nitro groups is 1. The van der Waals surface area contributed by atoms with E-state index in [2.05, 4.69) is 10.2 Å². The molecule has 0 aromatic heterocycles. The van der Waals surface area contributed by atoms with Crippen LogP contribution in [0.1, 0.15) is 12.0 Å². The molecule has 3 rings (SSSR count). The Kier molecular flexibility index (Phi) is 4.96. The SMILES string of the molecule is Cl.O=[N+]([O-])c1cccc(CN2CCC3CNCC3C2)c1. The zero-order valence-corrected chi connectivity index (χ0v) is 12.1.